The molecule has 5 atom stereocenters. The van der Waals surface area contributed by atoms with Crippen molar-refractivity contribution in [3.8, 4) is 0 Å². The van der Waals surface area contributed by atoms with Gasteiger partial charge in [-0.3, -0.25) is 32.5 Å². The van der Waals surface area contributed by atoms with Crippen molar-refractivity contribution < 1.29 is 75.8 Å². The average Bonchev–Trinajstić information content (AvgIpc) is 0.899. The number of carbonyl (C=O) groups excluding carboxylic acids is 3. The molecule has 0 heterocycles. The van der Waals surface area contributed by atoms with Gasteiger partial charge in [-0.1, -0.05) is 416 Å². The molecule has 4 N–H and O–H groups in total. The van der Waals surface area contributed by atoms with Crippen LogP contribution < -0.4 is 0 Å². The van der Waals surface area contributed by atoms with Gasteiger partial charge in [0, 0.05) is 19.3 Å². The third-order valence-corrected chi connectivity index (χ3v) is 22.8. The zero-order valence-corrected chi connectivity index (χ0v) is 79.9. The Morgan fingerprint density at radius 1 is 0.236 bits per heavy atom. The molecule has 0 aliphatic carbocycles. The SMILES string of the molecule is CC/C=C\C/C=C\C/C=C\C/C=C\C/C=C\C/C=C\CCCCCCCCCCCCCCCCCCC(=O)OCC(O)COP(=O)(O)OCC(O)COP(=O)(O)OCC(COC(=O)CCCCCCCCCCCCCCCCCCC/C=C\C/C=C\C/C=C\C/C=C\CCCCC)OC(=O)CCCCCCCC/C=C\C/C=C\C/C=C\C/C=C\CC. The van der Waals surface area contributed by atoms with Crippen molar-refractivity contribution in [3.05, 3.63) is 170 Å². The number of hydrogen-bond acceptors (Lipinski definition) is 14. The van der Waals surface area contributed by atoms with Gasteiger partial charge in [0.1, 0.15) is 25.4 Å². The van der Waals surface area contributed by atoms with E-state index in [9.17, 15) is 43.5 Å². The Morgan fingerprint density at radius 3 is 0.683 bits per heavy atom. The fourth-order valence-corrected chi connectivity index (χ4v) is 15.1. The van der Waals surface area contributed by atoms with Crippen molar-refractivity contribution in [2.75, 3.05) is 39.6 Å². The van der Waals surface area contributed by atoms with E-state index in [0.717, 1.165) is 161 Å². The highest BCUT2D eigenvalue weighted by Gasteiger charge is 2.30. The molecular formula is C105H180O16P2. The van der Waals surface area contributed by atoms with Crippen LogP contribution in [0.15, 0.2) is 170 Å². The van der Waals surface area contributed by atoms with Crippen molar-refractivity contribution in [1.29, 1.82) is 0 Å². The van der Waals surface area contributed by atoms with Gasteiger partial charge >= 0.3 is 33.6 Å². The van der Waals surface area contributed by atoms with E-state index in [-0.39, 0.29) is 19.3 Å². The number of phosphoric acid groups is 2. The lowest BCUT2D eigenvalue weighted by Gasteiger charge is -2.21. The molecule has 0 saturated heterocycles. The minimum absolute atomic E-state index is 0.0865. The molecule has 0 aromatic carbocycles. The molecule has 0 aliphatic rings. The van der Waals surface area contributed by atoms with Crippen molar-refractivity contribution >= 4 is 33.6 Å². The molecule has 0 saturated carbocycles. The van der Waals surface area contributed by atoms with Gasteiger partial charge in [0.25, 0.3) is 0 Å². The minimum atomic E-state index is -4.95. The number of allylic oxidation sites excluding steroid dienone is 28. The number of aliphatic hydroxyl groups excluding tert-OH is 2. The Labute approximate surface area is 752 Å². The van der Waals surface area contributed by atoms with Gasteiger partial charge in [0.15, 0.2) is 6.10 Å². The summed E-state index contributed by atoms with van der Waals surface area (Å²) in [5.41, 5.74) is 0. The first-order chi connectivity index (χ1) is 60.2. The maximum Gasteiger partial charge on any atom is 0.472 e. The Kier molecular flexibility index (Phi) is 92.0. The molecule has 0 amide bonds. The van der Waals surface area contributed by atoms with Crippen molar-refractivity contribution in [2.45, 2.75) is 437 Å². The first-order valence-corrected chi connectivity index (χ1v) is 52.4. The molecular weight excluding hydrogens is 1580 g/mol. The molecule has 0 bridgehead atoms. The summed E-state index contributed by atoms with van der Waals surface area (Å²) >= 11 is 0. The van der Waals surface area contributed by atoms with Gasteiger partial charge in [-0.2, -0.15) is 0 Å². The van der Waals surface area contributed by atoms with Gasteiger partial charge in [-0.25, -0.2) is 9.13 Å². The summed E-state index contributed by atoms with van der Waals surface area (Å²) in [7, 11) is -9.82. The molecule has 123 heavy (non-hydrogen) atoms. The quantitative estimate of drug-likeness (QED) is 0.0146. The third kappa shape index (κ3) is 97.4. The predicted octanol–water partition coefficient (Wildman–Crippen LogP) is 31.0. The van der Waals surface area contributed by atoms with E-state index in [1.165, 1.54) is 199 Å². The second-order valence-electron chi connectivity index (χ2n) is 32.8. The lowest BCUT2D eigenvalue weighted by Crippen LogP contribution is -2.30. The van der Waals surface area contributed by atoms with Gasteiger partial charge < -0.3 is 34.2 Å². The van der Waals surface area contributed by atoms with Gasteiger partial charge in [0.2, 0.25) is 0 Å². The zero-order valence-electron chi connectivity index (χ0n) is 78.1. The van der Waals surface area contributed by atoms with Crippen molar-refractivity contribution in [2.24, 2.45) is 0 Å². The Morgan fingerprint density at radius 2 is 0.431 bits per heavy atom. The zero-order chi connectivity index (χ0) is 89.3. The summed E-state index contributed by atoms with van der Waals surface area (Å²) in [6.45, 7) is 2.47. The fourth-order valence-electron chi connectivity index (χ4n) is 13.5. The molecule has 706 valence electrons. The number of ether oxygens (including phenoxy) is 3. The molecule has 0 radical (unpaired) electrons. The van der Waals surface area contributed by atoms with E-state index >= 15 is 0 Å². The Bertz CT molecular complexity index is 2920. The monoisotopic (exact) mass is 1760 g/mol. The second-order valence-corrected chi connectivity index (χ2v) is 35.7. The largest absolute Gasteiger partial charge is 0.472 e. The minimum Gasteiger partial charge on any atom is -0.463 e. The first-order valence-electron chi connectivity index (χ1n) is 49.4. The van der Waals surface area contributed by atoms with E-state index in [1.54, 1.807) is 0 Å². The van der Waals surface area contributed by atoms with E-state index in [0.29, 0.717) is 19.3 Å². The molecule has 0 rings (SSSR count). The number of esters is 3. The number of phosphoric ester groups is 2. The summed E-state index contributed by atoms with van der Waals surface area (Å²) in [4.78, 5) is 59.1. The number of carbonyl (C=O) groups is 3. The number of unbranched alkanes of at least 4 members (excludes halogenated alkanes) is 42. The highest BCUT2D eigenvalue weighted by Crippen LogP contribution is 2.45. The van der Waals surface area contributed by atoms with Crippen LogP contribution in [-0.2, 0) is 55.8 Å². The van der Waals surface area contributed by atoms with Crippen LogP contribution in [-0.4, -0.2) is 95.9 Å². The first kappa shape index (κ1) is 118. The molecule has 0 aromatic heterocycles. The van der Waals surface area contributed by atoms with Crippen LogP contribution in [0.3, 0.4) is 0 Å². The molecule has 0 spiro atoms. The van der Waals surface area contributed by atoms with E-state index in [2.05, 4.69) is 191 Å². The number of hydrogen-bond donors (Lipinski definition) is 4. The molecule has 5 unspecified atom stereocenters. The fraction of sp³-hybridized carbons (Fsp3) is 0.705. The lowest BCUT2D eigenvalue weighted by atomic mass is 10.0. The van der Waals surface area contributed by atoms with Crippen LogP contribution in [0.1, 0.15) is 419 Å². The average molecular weight is 1760 g/mol. The maximum absolute atomic E-state index is 13.1. The molecule has 0 aromatic rings. The highest BCUT2D eigenvalue weighted by molar-refractivity contribution is 7.47. The summed E-state index contributed by atoms with van der Waals surface area (Å²) in [5, 5.41) is 20.8. The number of rotatable bonds is 93. The van der Waals surface area contributed by atoms with Crippen LogP contribution in [0.2, 0.25) is 0 Å². The second kappa shape index (κ2) is 96.0. The van der Waals surface area contributed by atoms with E-state index < -0.39 is 91.5 Å². The van der Waals surface area contributed by atoms with Crippen molar-refractivity contribution in [1.82, 2.24) is 0 Å². The maximum atomic E-state index is 13.1. The van der Waals surface area contributed by atoms with Crippen LogP contribution in [0.25, 0.3) is 0 Å². The van der Waals surface area contributed by atoms with E-state index in [4.69, 9.17) is 32.3 Å². The van der Waals surface area contributed by atoms with Gasteiger partial charge in [-0.05, 0) is 154 Å². The van der Waals surface area contributed by atoms with Crippen molar-refractivity contribution in [3.63, 3.8) is 0 Å². The predicted molar refractivity (Wildman–Crippen MR) is 519 cm³/mol. The van der Waals surface area contributed by atoms with Gasteiger partial charge in [-0.15, -0.1) is 0 Å². The molecule has 18 heteroatoms. The number of aliphatic hydroxyl groups is 2. The Balaban J connectivity index is 4.50. The van der Waals surface area contributed by atoms with Crippen LogP contribution in [0.5, 0.6) is 0 Å². The smallest absolute Gasteiger partial charge is 0.463 e. The summed E-state index contributed by atoms with van der Waals surface area (Å²) in [6, 6.07) is 0. The standard InChI is InChI=1S/C105H180O16P2/c1-4-7-10-13-16-19-22-25-28-31-34-36-38-40-42-44-46-48-49-51-53-54-56-58-60-62-65-67-70-73-76-79-82-85-88-91-103(108)115-94-100(106)95-117-122(111,112)118-96-101(107)97-119-123(113,114)120-99-102(121-105(110)93-90-87-84-81-78-75-72-69-64-33-30-27-24-21-18-15-12-9-6-3)98-116-104(109)92-89-86-83-80-77-74-71-68-66-63-61-59-57-55-52-50-47-45-43-41-39-37-35-32-29-26-23-20-17-14-11-8-5-2/h7,9-10,12,16-21,25-30,34-37,40-43,46,48,64,69,100-102,106-107H,4-6,8,11,13-15,22-24,31-33,38-39,44-45,47,49-63,65-68,70-99H2,1-3H3,(H,111,112)(H,113,114)/b10-7-,12-9-,19-16-,20-17-,21-18-,28-25-,29-26-,30-27-,36-34-,37-35-,42-40-,43-41-,48-46-,69-64-. The summed E-state index contributed by atoms with van der Waals surface area (Å²) < 4.78 is 61.6. The third-order valence-electron chi connectivity index (χ3n) is 20.9. The van der Waals surface area contributed by atoms with E-state index in [1.807, 2.05) is 0 Å². The molecule has 0 fully saturated rings. The normalized spacial score (nSPS) is 14.4. The topological polar surface area (TPSA) is 231 Å². The Hall–Kier alpha value is -5.09. The molecule has 0 aliphatic heterocycles. The summed E-state index contributed by atoms with van der Waals surface area (Å²) in [6.07, 6.45) is 126. The lowest BCUT2D eigenvalue weighted by molar-refractivity contribution is -0.161. The molecule has 16 nitrogen and oxygen atoms in total. The van der Waals surface area contributed by atoms with Crippen LogP contribution in [0, 0.1) is 0 Å². The summed E-state index contributed by atoms with van der Waals surface area (Å²) in [5.74, 6) is -1.58. The van der Waals surface area contributed by atoms with Crippen LogP contribution >= 0.6 is 15.6 Å². The highest BCUT2D eigenvalue weighted by atomic mass is 31.2. The van der Waals surface area contributed by atoms with Crippen LogP contribution in [0.4, 0.5) is 0 Å². The van der Waals surface area contributed by atoms with Gasteiger partial charge in [0.05, 0.1) is 26.4 Å².